The molecule has 1 heterocycles. The van der Waals surface area contributed by atoms with E-state index >= 15 is 0 Å². The van der Waals surface area contributed by atoms with Crippen molar-refractivity contribution in [1.82, 2.24) is 9.71 Å². The fourth-order valence-electron chi connectivity index (χ4n) is 1.58. The minimum Gasteiger partial charge on any atom is -0.480 e. The van der Waals surface area contributed by atoms with E-state index in [2.05, 4.69) is 9.71 Å². The summed E-state index contributed by atoms with van der Waals surface area (Å²) in [5.41, 5.74) is -0.264. The Morgan fingerprint density at radius 3 is 2.85 bits per heavy atom. The molecule has 0 fully saturated rings. The van der Waals surface area contributed by atoms with Gasteiger partial charge >= 0.3 is 5.97 Å². The number of hydrogen-bond donors (Lipinski definition) is 2. The maximum Gasteiger partial charge on any atom is 0.321 e. The molecule has 108 valence electrons. The summed E-state index contributed by atoms with van der Waals surface area (Å²) >= 11 is 0. The molecule has 1 aromatic rings. The van der Waals surface area contributed by atoms with Crippen LogP contribution in [0.1, 0.15) is 31.9 Å². The SMILES string of the molecule is CCCCC(NS(=O)(=O)c1cccnc1C#N)C(=O)O. The van der Waals surface area contributed by atoms with Crippen molar-refractivity contribution in [2.75, 3.05) is 0 Å². The average Bonchev–Trinajstić information content (AvgIpc) is 2.43. The molecule has 0 saturated carbocycles. The van der Waals surface area contributed by atoms with E-state index < -0.39 is 22.0 Å². The second kappa shape index (κ2) is 6.98. The maximum atomic E-state index is 12.1. The van der Waals surface area contributed by atoms with E-state index in [1.807, 2.05) is 6.92 Å². The molecule has 1 aromatic heterocycles. The molecule has 1 unspecified atom stereocenters. The molecule has 1 atom stereocenters. The quantitative estimate of drug-likeness (QED) is 0.770. The number of carbonyl (C=O) groups is 1. The van der Waals surface area contributed by atoms with Gasteiger partial charge in [-0.2, -0.15) is 9.98 Å². The van der Waals surface area contributed by atoms with Crippen LogP contribution < -0.4 is 4.72 Å². The lowest BCUT2D eigenvalue weighted by Gasteiger charge is -2.14. The van der Waals surface area contributed by atoms with Gasteiger partial charge in [0, 0.05) is 6.20 Å². The fourth-order valence-corrected chi connectivity index (χ4v) is 2.91. The second-order valence-corrected chi connectivity index (χ2v) is 5.80. The Labute approximate surface area is 117 Å². The predicted molar refractivity (Wildman–Crippen MR) is 70.2 cm³/mol. The fraction of sp³-hybridized carbons (Fsp3) is 0.417. The number of pyridine rings is 1. The number of hydrogen-bond acceptors (Lipinski definition) is 5. The molecule has 0 aromatic carbocycles. The summed E-state index contributed by atoms with van der Waals surface area (Å²) in [6, 6.07) is 3.04. The Morgan fingerprint density at radius 2 is 2.30 bits per heavy atom. The first-order valence-electron chi connectivity index (χ1n) is 6.02. The van der Waals surface area contributed by atoms with Gasteiger partial charge in [0.05, 0.1) is 0 Å². The van der Waals surface area contributed by atoms with Crippen LogP contribution >= 0.6 is 0 Å². The lowest BCUT2D eigenvalue weighted by atomic mass is 10.1. The van der Waals surface area contributed by atoms with E-state index in [4.69, 9.17) is 10.4 Å². The van der Waals surface area contributed by atoms with Crippen LogP contribution in [0.4, 0.5) is 0 Å². The third kappa shape index (κ3) is 4.01. The normalized spacial score (nSPS) is 12.6. The Morgan fingerprint density at radius 1 is 1.60 bits per heavy atom. The molecule has 0 radical (unpaired) electrons. The molecule has 0 aliphatic carbocycles. The predicted octanol–water partition coefficient (Wildman–Crippen LogP) is 0.875. The van der Waals surface area contributed by atoms with E-state index in [9.17, 15) is 13.2 Å². The Hall–Kier alpha value is -1.98. The largest absolute Gasteiger partial charge is 0.480 e. The standard InChI is InChI=1S/C12H15N3O4S/c1-2-3-5-9(12(16)17)15-20(18,19)11-6-4-7-14-10(11)8-13/h4,6-7,9,15H,2-3,5H2,1H3,(H,16,17). The van der Waals surface area contributed by atoms with Crippen molar-refractivity contribution in [3.8, 4) is 6.07 Å². The van der Waals surface area contributed by atoms with Crippen LogP contribution in [0, 0.1) is 11.3 Å². The molecule has 7 nitrogen and oxygen atoms in total. The summed E-state index contributed by atoms with van der Waals surface area (Å²) in [7, 11) is -4.09. The van der Waals surface area contributed by atoms with E-state index in [0.29, 0.717) is 6.42 Å². The average molecular weight is 297 g/mol. The summed E-state index contributed by atoms with van der Waals surface area (Å²) in [6.07, 6.45) is 2.82. The highest BCUT2D eigenvalue weighted by Gasteiger charge is 2.27. The maximum absolute atomic E-state index is 12.1. The molecular weight excluding hydrogens is 282 g/mol. The summed E-state index contributed by atoms with van der Waals surface area (Å²) in [6.45, 7) is 1.88. The Bertz CT molecular complexity index is 622. The van der Waals surface area contributed by atoms with Crippen LogP contribution in [-0.2, 0) is 14.8 Å². The van der Waals surface area contributed by atoms with Crippen molar-refractivity contribution in [3.05, 3.63) is 24.0 Å². The van der Waals surface area contributed by atoms with Crippen LogP contribution in [0.3, 0.4) is 0 Å². The number of carboxylic acids is 1. The van der Waals surface area contributed by atoms with E-state index in [1.54, 1.807) is 6.07 Å². The molecule has 0 bridgehead atoms. The first-order valence-corrected chi connectivity index (χ1v) is 7.51. The second-order valence-electron chi connectivity index (χ2n) is 4.12. The molecule has 0 saturated heterocycles. The van der Waals surface area contributed by atoms with Gasteiger partial charge in [-0.15, -0.1) is 0 Å². The number of nitrogens with one attached hydrogen (secondary N) is 1. The number of aromatic nitrogens is 1. The third-order valence-electron chi connectivity index (χ3n) is 2.61. The zero-order valence-corrected chi connectivity index (χ0v) is 11.7. The van der Waals surface area contributed by atoms with Gasteiger partial charge in [-0.25, -0.2) is 13.4 Å². The Balaban J connectivity index is 3.04. The van der Waals surface area contributed by atoms with E-state index in [-0.39, 0.29) is 17.0 Å². The number of sulfonamides is 1. The molecule has 8 heteroatoms. The molecule has 20 heavy (non-hydrogen) atoms. The number of aliphatic carboxylic acids is 1. The Kier molecular flexibility index (Phi) is 5.61. The van der Waals surface area contributed by atoms with Crippen LogP contribution in [0.2, 0.25) is 0 Å². The molecule has 2 N–H and O–H groups in total. The van der Waals surface area contributed by atoms with Crippen LogP contribution in [0.15, 0.2) is 23.2 Å². The number of nitriles is 1. The number of rotatable bonds is 7. The molecule has 0 aliphatic rings. The van der Waals surface area contributed by atoms with Gasteiger partial charge in [-0.3, -0.25) is 4.79 Å². The van der Waals surface area contributed by atoms with Crippen molar-refractivity contribution in [1.29, 1.82) is 5.26 Å². The van der Waals surface area contributed by atoms with Gasteiger partial charge in [-0.05, 0) is 18.6 Å². The molecule has 0 aliphatic heterocycles. The lowest BCUT2D eigenvalue weighted by Crippen LogP contribution is -2.40. The summed E-state index contributed by atoms with van der Waals surface area (Å²) in [5, 5.41) is 17.9. The monoisotopic (exact) mass is 297 g/mol. The van der Waals surface area contributed by atoms with Gasteiger partial charge in [0.1, 0.15) is 17.0 Å². The van der Waals surface area contributed by atoms with Crippen molar-refractivity contribution in [3.63, 3.8) is 0 Å². The molecule has 0 amide bonds. The van der Waals surface area contributed by atoms with E-state index in [1.165, 1.54) is 18.3 Å². The van der Waals surface area contributed by atoms with E-state index in [0.717, 1.165) is 6.42 Å². The minimum atomic E-state index is -4.09. The molecular formula is C12H15N3O4S. The van der Waals surface area contributed by atoms with Crippen molar-refractivity contribution in [2.24, 2.45) is 0 Å². The van der Waals surface area contributed by atoms with Gasteiger partial charge < -0.3 is 5.11 Å². The smallest absolute Gasteiger partial charge is 0.321 e. The number of unbranched alkanes of at least 4 members (excludes halogenated alkanes) is 1. The molecule has 0 spiro atoms. The van der Waals surface area contributed by atoms with Crippen LogP contribution in [0.25, 0.3) is 0 Å². The third-order valence-corrected chi connectivity index (χ3v) is 4.11. The number of nitrogens with zero attached hydrogens (tertiary/aromatic N) is 2. The highest BCUT2D eigenvalue weighted by Crippen LogP contribution is 2.13. The lowest BCUT2D eigenvalue weighted by molar-refractivity contribution is -0.139. The zero-order chi connectivity index (χ0) is 15.2. The van der Waals surface area contributed by atoms with Crippen molar-refractivity contribution < 1.29 is 18.3 Å². The van der Waals surface area contributed by atoms with Crippen molar-refractivity contribution >= 4 is 16.0 Å². The summed E-state index contributed by atoms with van der Waals surface area (Å²) in [4.78, 5) is 14.4. The van der Waals surface area contributed by atoms with Crippen LogP contribution in [-0.4, -0.2) is 30.5 Å². The first kappa shape index (κ1) is 16.1. The summed E-state index contributed by atoms with van der Waals surface area (Å²) in [5.74, 6) is -1.25. The zero-order valence-electron chi connectivity index (χ0n) is 10.9. The summed E-state index contributed by atoms with van der Waals surface area (Å²) < 4.78 is 26.3. The van der Waals surface area contributed by atoms with Crippen molar-refractivity contribution in [2.45, 2.75) is 37.1 Å². The first-order chi connectivity index (χ1) is 9.42. The molecule has 1 rings (SSSR count). The topological polar surface area (TPSA) is 120 Å². The minimum absolute atomic E-state index is 0.188. The highest BCUT2D eigenvalue weighted by molar-refractivity contribution is 7.89. The van der Waals surface area contributed by atoms with Gasteiger partial charge in [0.25, 0.3) is 0 Å². The van der Waals surface area contributed by atoms with Gasteiger partial charge in [-0.1, -0.05) is 19.8 Å². The highest BCUT2D eigenvalue weighted by atomic mass is 32.2. The van der Waals surface area contributed by atoms with Crippen LogP contribution in [0.5, 0.6) is 0 Å². The number of carboxylic acid groups (broad SMARTS) is 1. The van der Waals surface area contributed by atoms with Gasteiger partial charge in [0.15, 0.2) is 5.69 Å². The van der Waals surface area contributed by atoms with Gasteiger partial charge in [0.2, 0.25) is 10.0 Å².